The minimum absolute atomic E-state index is 0.148. The molecule has 0 fully saturated rings. The summed E-state index contributed by atoms with van der Waals surface area (Å²) < 4.78 is 4.86. The Kier molecular flexibility index (Phi) is 4.57. The highest BCUT2D eigenvalue weighted by Crippen LogP contribution is 2.15. The highest BCUT2D eigenvalue weighted by Gasteiger charge is 2.17. The van der Waals surface area contributed by atoms with E-state index in [2.05, 4.69) is 0 Å². The van der Waals surface area contributed by atoms with E-state index in [9.17, 15) is 14.4 Å². The van der Waals surface area contributed by atoms with E-state index in [-0.39, 0.29) is 18.0 Å². The second-order valence-electron chi connectivity index (χ2n) is 3.42. The molecule has 4 heteroatoms. The fourth-order valence-corrected chi connectivity index (χ4v) is 1.45. The molecule has 0 saturated heterocycles. The van der Waals surface area contributed by atoms with Crippen LogP contribution >= 0.6 is 0 Å². The number of aldehydes is 1. The fourth-order valence-electron chi connectivity index (χ4n) is 1.45. The first kappa shape index (κ1) is 13.1. The summed E-state index contributed by atoms with van der Waals surface area (Å²) in [6.45, 7) is 3.62. The van der Waals surface area contributed by atoms with Gasteiger partial charge < -0.3 is 4.74 Å². The number of esters is 1. The van der Waals surface area contributed by atoms with E-state index >= 15 is 0 Å². The van der Waals surface area contributed by atoms with Crippen LogP contribution in [0.2, 0.25) is 0 Å². The largest absolute Gasteiger partial charge is 0.462 e. The highest BCUT2D eigenvalue weighted by atomic mass is 16.5. The van der Waals surface area contributed by atoms with Gasteiger partial charge in [0.2, 0.25) is 0 Å². The molecular weight excluding hydrogens is 220 g/mol. The second-order valence-corrected chi connectivity index (χ2v) is 3.42. The third-order valence-corrected chi connectivity index (χ3v) is 2.30. The molecule has 0 bridgehead atoms. The van der Waals surface area contributed by atoms with E-state index in [0.29, 0.717) is 23.8 Å². The molecular formula is C13H14O4. The lowest BCUT2D eigenvalue weighted by atomic mass is 10.00. The maximum absolute atomic E-state index is 11.7. The number of ether oxygens (including phenoxy) is 1. The van der Waals surface area contributed by atoms with Crippen molar-refractivity contribution in [2.24, 2.45) is 0 Å². The molecule has 0 saturated carbocycles. The van der Waals surface area contributed by atoms with Crippen LogP contribution in [-0.4, -0.2) is 24.6 Å². The van der Waals surface area contributed by atoms with Gasteiger partial charge in [0.25, 0.3) is 0 Å². The Morgan fingerprint density at radius 3 is 2.47 bits per heavy atom. The molecule has 0 aliphatic rings. The number of Topliss-reactive ketones (excluding diaryl/α,β-unsaturated/α-hetero) is 1. The molecule has 0 amide bonds. The van der Waals surface area contributed by atoms with Gasteiger partial charge in [-0.3, -0.25) is 9.59 Å². The average molecular weight is 234 g/mol. The van der Waals surface area contributed by atoms with Crippen LogP contribution < -0.4 is 0 Å². The molecule has 0 aliphatic heterocycles. The van der Waals surface area contributed by atoms with Gasteiger partial charge in [-0.15, -0.1) is 0 Å². The van der Waals surface area contributed by atoms with Gasteiger partial charge in [-0.2, -0.15) is 0 Å². The molecule has 0 radical (unpaired) electrons. The van der Waals surface area contributed by atoms with Gasteiger partial charge in [-0.25, -0.2) is 4.79 Å². The van der Waals surface area contributed by atoms with Crippen molar-refractivity contribution in [1.29, 1.82) is 0 Å². The number of ketones is 1. The first-order valence-electron chi connectivity index (χ1n) is 5.43. The number of rotatable bonds is 5. The number of benzene rings is 1. The fraction of sp³-hybridized carbons (Fsp3) is 0.308. The molecule has 0 aliphatic carbocycles. The number of carbonyl (C=O) groups is 3. The first-order valence-corrected chi connectivity index (χ1v) is 5.43. The Morgan fingerprint density at radius 2 is 1.94 bits per heavy atom. The van der Waals surface area contributed by atoms with Gasteiger partial charge in [0.15, 0.2) is 5.78 Å². The molecule has 0 unspecified atom stereocenters. The molecule has 0 spiro atoms. The lowest BCUT2D eigenvalue weighted by Crippen LogP contribution is -2.12. The molecule has 90 valence electrons. The van der Waals surface area contributed by atoms with Gasteiger partial charge in [-0.05, 0) is 19.1 Å². The number of hydrogen-bond acceptors (Lipinski definition) is 4. The quantitative estimate of drug-likeness (QED) is 0.445. The molecule has 0 heterocycles. The summed E-state index contributed by atoms with van der Waals surface area (Å²) in [6, 6.07) is 4.38. The number of hydrogen-bond donors (Lipinski definition) is 0. The van der Waals surface area contributed by atoms with Crippen LogP contribution in [0.1, 0.15) is 51.3 Å². The molecule has 1 aromatic rings. The lowest BCUT2D eigenvalue weighted by Gasteiger charge is -2.07. The van der Waals surface area contributed by atoms with Gasteiger partial charge in [0.1, 0.15) is 6.29 Å². The van der Waals surface area contributed by atoms with E-state index in [1.807, 2.05) is 0 Å². The predicted molar refractivity (Wildman–Crippen MR) is 62.4 cm³/mol. The number of carbonyl (C=O) groups excluding carboxylic acids is 3. The summed E-state index contributed by atoms with van der Waals surface area (Å²) in [5.41, 5.74) is 0.806. The molecule has 17 heavy (non-hydrogen) atoms. The van der Waals surface area contributed by atoms with E-state index < -0.39 is 5.97 Å². The van der Waals surface area contributed by atoms with Gasteiger partial charge in [0.05, 0.1) is 12.2 Å². The Hall–Kier alpha value is -1.97. The van der Waals surface area contributed by atoms with E-state index in [1.54, 1.807) is 13.8 Å². The summed E-state index contributed by atoms with van der Waals surface area (Å²) in [7, 11) is 0. The average Bonchev–Trinajstić information content (AvgIpc) is 2.37. The highest BCUT2D eigenvalue weighted by molar-refractivity contribution is 6.07. The molecule has 1 aromatic carbocycles. The van der Waals surface area contributed by atoms with Crippen LogP contribution in [0, 0.1) is 0 Å². The van der Waals surface area contributed by atoms with Gasteiger partial charge in [0, 0.05) is 17.5 Å². The molecule has 0 atom stereocenters. The third-order valence-electron chi connectivity index (χ3n) is 2.30. The summed E-state index contributed by atoms with van der Waals surface area (Å²) in [5, 5.41) is 0. The normalized spacial score (nSPS) is 9.76. The maximum Gasteiger partial charge on any atom is 0.338 e. The smallest absolute Gasteiger partial charge is 0.338 e. The Bertz CT molecular complexity index is 449. The van der Waals surface area contributed by atoms with Crippen LogP contribution in [0.15, 0.2) is 18.2 Å². The monoisotopic (exact) mass is 234 g/mol. The van der Waals surface area contributed by atoms with Crippen molar-refractivity contribution in [2.75, 3.05) is 6.61 Å². The van der Waals surface area contributed by atoms with Gasteiger partial charge >= 0.3 is 5.97 Å². The van der Waals surface area contributed by atoms with Crippen molar-refractivity contribution < 1.29 is 19.1 Å². The Morgan fingerprint density at radius 1 is 1.24 bits per heavy atom. The van der Waals surface area contributed by atoms with Gasteiger partial charge in [-0.1, -0.05) is 13.0 Å². The molecule has 1 rings (SSSR count). The van der Waals surface area contributed by atoms with Crippen molar-refractivity contribution in [1.82, 2.24) is 0 Å². The topological polar surface area (TPSA) is 60.4 Å². The SMILES string of the molecule is CCOC(=O)c1cc(C=O)ccc1C(=O)CC. The van der Waals surface area contributed by atoms with Crippen molar-refractivity contribution in [3.05, 3.63) is 34.9 Å². The zero-order valence-electron chi connectivity index (χ0n) is 9.86. The van der Waals surface area contributed by atoms with Crippen molar-refractivity contribution >= 4 is 18.0 Å². The van der Waals surface area contributed by atoms with E-state index in [1.165, 1.54) is 18.2 Å². The Labute approximate surface area is 99.6 Å². The van der Waals surface area contributed by atoms with E-state index in [4.69, 9.17) is 4.74 Å². The van der Waals surface area contributed by atoms with Crippen LogP contribution in [0.3, 0.4) is 0 Å². The third kappa shape index (κ3) is 3.00. The van der Waals surface area contributed by atoms with Crippen molar-refractivity contribution in [3.8, 4) is 0 Å². The predicted octanol–water partition coefficient (Wildman–Crippen LogP) is 2.27. The molecule has 4 nitrogen and oxygen atoms in total. The minimum Gasteiger partial charge on any atom is -0.462 e. The second kappa shape index (κ2) is 5.94. The summed E-state index contributed by atoms with van der Waals surface area (Å²) in [4.78, 5) is 34.0. The minimum atomic E-state index is -0.576. The standard InChI is InChI=1S/C13H14O4/c1-3-12(15)10-6-5-9(8-14)7-11(10)13(16)17-4-2/h5-8H,3-4H2,1-2H3. The van der Waals surface area contributed by atoms with Crippen LogP contribution in [0.5, 0.6) is 0 Å². The van der Waals surface area contributed by atoms with Crippen molar-refractivity contribution in [2.45, 2.75) is 20.3 Å². The first-order chi connectivity index (χ1) is 8.13. The molecule has 0 N–H and O–H groups in total. The van der Waals surface area contributed by atoms with Crippen LogP contribution in [0.4, 0.5) is 0 Å². The Balaban J connectivity index is 3.25. The summed E-state index contributed by atoms with van der Waals surface area (Å²) in [5.74, 6) is -0.724. The molecule has 0 aromatic heterocycles. The summed E-state index contributed by atoms with van der Waals surface area (Å²) >= 11 is 0. The zero-order chi connectivity index (χ0) is 12.8. The van der Waals surface area contributed by atoms with Crippen molar-refractivity contribution in [3.63, 3.8) is 0 Å². The van der Waals surface area contributed by atoms with E-state index in [0.717, 1.165) is 0 Å². The van der Waals surface area contributed by atoms with Crippen LogP contribution in [-0.2, 0) is 4.74 Å². The maximum atomic E-state index is 11.7. The summed E-state index contributed by atoms with van der Waals surface area (Å²) in [6.07, 6.45) is 0.926. The lowest BCUT2D eigenvalue weighted by molar-refractivity contribution is 0.0523. The van der Waals surface area contributed by atoms with Crippen LogP contribution in [0.25, 0.3) is 0 Å². The zero-order valence-corrected chi connectivity index (χ0v) is 9.86.